The van der Waals surface area contributed by atoms with Crippen LogP contribution < -0.4 is 19.3 Å². The topological polar surface area (TPSA) is 31.4 Å². The third-order valence-electron chi connectivity index (χ3n) is 7.13. The maximum atomic E-state index is 6.21. The number of hydrogen-bond acceptors (Lipinski definition) is 6. The van der Waals surface area contributed by atoms with Crippen LogP contribution in [0.4, 0.5) is 11.4 Å². The van der Waals surface area contributed by atoms with E-state index in [2.05, 4.69) is 69.1 Å². The molecule has 2 saturated heterocycles. The minimum Gasteiger partial charge on any atom is -0.495 e. The molecule has 0 amide bonds. The number of rotatable bonds is 11. The molecule has 6 nitrogen and oxygen atoms in total. The van der Waals surface area contributed by atoms with E-state index in [9.17, 15) is 0 Å². The van der Waals surface area contributed by atoms with E-state index in [1.54, 1.807) is 7.11 Å². The number of likely N-dealkylation sites (N-methyl/N-ethyl adjacent to an activating group) is 1. The van der Waals surface area contributed by atoms with Crippen LogP contribution in [0.15, 0.2) is 48.5 Å². The van der Waals surface area contributed by atoms with Crippen LogP contribution in [-0.4, -0.2) is 89.5 Å². The van der Waals surface area contributed by atoms with Crippen molar-refractivity contribution in [1.29, 1.82) is 0 Å². The van der Waals surface area contributed by atoms with Gasteiger partial charge in [-0.15, -0.1) is 0 Å². The van der Waals surface area contributed by atoms with Gasteiger partial charge in [0.2, 0.25) is 0 Å². The van der Waals surface area contributed by atoms with Gasteiger partial charge in [-0.2, -0.15) is 0 Å². The largest absolute Gasteiger partial charge is 0.495 e. The van der Waals surface area contributed by atoms with Crippen LogP contribution in [0.1, 0.15) is 25.7 Å². The number of para-hydroxylation sites is 4. The summed E-state index contributed by atoms with van der Waals surface area (Å²) in [6.45, 7) is 10.8. The second-order valence-electron chi connectivity index (χ2n) is 9.52. The number of ether oxygens (including phenoxy) is 2. The molecule has 2 aliphatic heterocycles. The Hall–Kier alpha value is -2.44. The lowest BCUT2D eigenvalue weighted by Crippen LogP contribution is -2.46. The Morgan fingerprint density at radius 1 is 0.647 bits per heavy atom. The quantitative estimate of drug-likeness (QED) is 0.461. The molecule has 2 aromatic carbocycles. The average Bonchev–Trinajstić information content (AvgIpc) is 2.89. The molecular formula is C28H42N4O2. The summed E-state index contributed by atoms with van der Waals surface area (Å²) >= 11 is 0. The predicted octanol–water partition coefficient (Wildman–Crippen LogP) is 4.21. The highest BCUT2D eigenvalue weighted by Crippen LogP contribution is 2.29. The number of anilines is 2. The molecule has 0 atom stereocenters. The SMILES string of the molecule is COc1ccccc1N1CCN(CCCCCCOc2ccccc2N2CCN(C)CC2)CC1. The van der Waals surface area contributed by atoms with Crippen LogP contribution in [0.3, 0.4) is 0 Å². The Labute approximate surface area is 206 Å². The fourth-order valence-electron chi connectivity index (χ4n) is 4.96. The van der Waals surface area contributed by atoms with Gasteiger partial charge in [-0.25, -0.2) is 0 Å². The maximum Gasteiger partial charge on any atom is 0.142 e. The first-order chi connectivity index (χ1) is 16.7. The molecule has 4 rings (SSSR count). The van der Waals surface area contributed by atoms with Crippen molar-refractivity contribution in [3.63, 3.8) is 0 Å². The molecule has 6 heteroatoms. The zero-order chi connectivity index (χ0) is 23.6. The van der Waals surface area contributed by atoms with Gasteiger partial charge >= 0.3 is 0 Å². The third-order valence-corrected chi connectivity index (χ3v) is 7.13. The van der Waals surface area contributed by atoms with E-state index in [0.29, 0.717) is 0 Å². The van der Waals surface area contributed by atoms with Crippen LogP contribution in [0.25, 0.3) is 0 Å². The Kier molecular flexibility index (Phi) is 9.34. The lowest BCUT2D eigenvalue weighted by molar-refractivity contribution is 0.248. The monoisotopic (exact) mass is 466 g/mol. The summed E-state index contributed by atoms with van der Waals surface area (Å²) in [5.74, 6) is 2.02. The molecule has 0 bridgehead atoms. The molecule has 0 N–H and O–H groups in total. The molecule has 0 saturated carbocycles. The van der Waals surface area contributed by atoms with Gasteiger partial charge < -0.3 is 24.2 Å². The van der Waals surface area contributed by atoms with E-state index in [4.69, 9.17) is 9.47 Å². The Morgan fingerprint density at radius 2 is 1.21 bits per heavy atom. The molecule has 0 aliphatic carbocycles. The van der Waals surface area contributed by atoms with Gasteiger partial charge in [0.05, 0.1) is 25.1 Å². The fourth-order valence-corrected chi connectivity index (χ4v) is 4.96. The van der Waals surface area contributed by atoms with Crippen molar-refractivity contribution in [2.24, 2.45) is 0 Å². The lowest BCUT2D eigenvalue weighted by Gasteiger charge is -2.36. The van der Waals surface area contributed by atoms with Gasteiger partial charge in [-0.1, -0.05) is 37.1 Å². The van der Waals surface area contributed by atoms with E-state index < -0.39 is 0 Å². The number of benzene rings is 2. The highest BCUT2D eigenvalue weighted by atomic mass is 16.5. The van der Waals surface area contributed by atoms with Gasteiger partial charge in [-0.05, 0) is 50.7 Å². The molecule has 2 aromatic rings. The minimum absolute atomic E-state index is 0.808. The van der Waals surface area contributed by atoms with E-state index in [-0.39, 0.29) is 0 Å². The second kappa shape index (κ2) is 12.9. The molecule has 186 valence electrons. The molecule has 0 radical (unpaired) electrons. The number of methoxy groups -OCH3 is 1. The molecule has 0 aromatic heterocycles. The molecule has 34 heavy (non-hydrogen) atoms. The maximum absolute atomic E-state index is 6.21. The van der Waals surface area contributed by atoms with E-state index in [1.807, 2.05) is 6.07 Å². The number of nitrogens with zero attached hydrogens (tertiary/aromatic N) is 4. The second-order valence-corrected chi connectivity index (χ2v) is 9.52. The zero-order valence-electron chi connectivity index (χ0n) is 21.1. The van der Waals surface area contributed by atoms with Gasteiger partial charge in [0.1, 0.15) is 11.5 Å². The third kappa shape index (κ3) is 6.80. The summed E-state index contributed by atoms with van der Waals surface area (Å²) < 4.78 is 11.7. The van der Waals surface area contributed by atoms with Crippen LogP contribution in [0, 0.1) is 0 Å². The van der Waals surface area contributed by atoms with Crippen molar-refractivity contribution in [2.45, 2.75) is 25.7 Å². The highest BCUT2D eigenvalue weighted by Gasteiger charge is 2.19. The van der Waals surface area contributed by atoms with Crippen molar-refractivity contribution in [3.05, 3.63) is 48.5 Å². The van der Waals surface area contributed by atoms with Crippen LogP contribution in [0.5, 0.6) is 11.5 Å². The van der Waals surface area contributed by atoms with E-state index >= 15 is 0 Å². The van der Waals surface area contributed by atoms with Gasteiger partial charge in [-0.3, -0.25) is 4.90 Å². The Balaban J connectivity index is 1.09. The van der Waals surface area contributed by atoms with Crippen molar-refractivity contribution in [1.82, 2.24) is 9.80 Å². The van der Waals surface area contributed by atoms with Gasteiger partial charge in [0.15, 0.2) is 0 Å². The average molecular weight is 467 g/mol. The molecule has 0 spiro atoms. The fraction of sp³-hybridized carbons (Fsp3) is 0.571. The van der Waals surface area contributed by atoms with Crippen LogP contribution in [-0.2, 0) is 0 Å². The van der Waals surface area contributed by atoms with Crippen molar-refractivity contribution >= 4 is 11.4 Å². The summed E-state index contributed by atoms with van der Waals surface area (Å²) in [5, 5.41) is 0. The zero-order valence-corrected chi connectivity index (χ0v) is 21.1. The number of hydrogen-bond donors (Lipinski definition) is 0. The summed E-state index contributed by atoms with van der Waals surface area (Å²) in [6.07, 6.45) is 4.90. The molecule has 0 unspecified atom stereocenters. The summed E-state index contributed by atoms with van der Waals surface area (Å²) in [5.41, 5.74) is 2.47. The van der Waals surface area contributed by atoms with Crippen molar-refractivity contribution in [2.75, 3.05) is 89.5 Å². The van der Waals surface area contributed by atoms with Crippen LogP contribution in [0.2, 0.25) is 0 Å². The molecular weight excluding hydrogens is 424 g/mol. The van der Waals surface area contributed by atoms with Crippen LogP contribution >= 0.6 is 0 Å². The summed E-state index contributed by atoms with van der Waals surface area (Å²) in [7, 11) is 3.95. The first kappa shape index (κ1) is 24.7. The highest BCUT2D eigenvalue weighted by molar-refractivity contribution is 5.59. The van der Waals surface area contributed by atoms with Gasteiger partial charge in [0.25, 0.3) is 0 Å². The molecule has 2 aliphatic rings. The Morgan fingerprint density at radius 3 is 1.88 bits per heavy atom. The lowest BCUT2D eigenvalue weighted by atomic mass is 10.1. The Bertz CT molecular complexity index is 861. The van der Waals surface area contributed by atoms with E-state index in [0.717, 1.165) is 76.9 Å². The first-order valence-corrected chi connectivity index (χ1v) is 13.0. The molecule has 2 fully saturated rings. The van der Waals surface area contributed by atoms with Gasteiger partial charge in [0, 0.05) is 52.4 Å². The number of piperazine rings is 2. The number of unbranched alkanes of at least 4 members (excludes halogenated alkanes) is 3. The minimum atomic E-state index is 0.808. The first-order valence-electron chi connectivity index (χ1n) is 13.0. The normalized spacial score (nSPS) is 17.7. The molecule has 2 heterocycles. The van der Waals surface area contributed by atoms with Crippen molar-refractivity contribution < 1.29 is 9.47 Å². The summed E-state index contributed by atoms with van der Waals surface area (Å²) in [4.78, 5) is 9.91. The summed E-state index contributed by atoms with van der Waals surface area (Å²) in [6, 6.07) is 16.9. The smallest absolute Gasteiger partial charge is 0.142 e. The predicted molar refractivity (Wildman–Crippen MR) is 142 cm³/mol. The standard InChI is InChI=1S/C28H42N4O2/c1-29-16-20-31(21-17-29)26-12-6-8-14-28(26)34-24-10-4-3-9-15-30-18-22-32(23-19-30)25-11-5-7-13-27(25)33-2/h5-8,11-14H,3-4,9-10,15-24H2,1-2H3. The van der Waals surface area contributed by atoms with Crippen molar-refractivity contribution in [3.8, 4) is 11.5 Å². The van der Waals surface area contributed by atoms with E-state index in [1.165, 1.54) is 37.2 Å².